The van der Waals surface area contributed by atoms with Crippen molar-refractivity contribution in [1.29, 1.82) is 0 Å². The standard InChI is InChI=1S/C20H34N2O5.ClH/c1-9-11(2)14(21-18(25)27-19(3,4)5)16(23)22-10-12-13(20(12,6)7)15(22)17(24)26-8;/h11-15H,9-10H2,1-8H3,(H,21,25);1H/t11-,12-,13-,14-,15-;/m0./s1. The number of halogens is 1. The maximum Gasteiger partial charge on any atom is 0.408 e. The van der Waals surface area contributed by atoms with E-state index in [1.807, 2.05) is 13.8 Å². The second kappa shape index (κ2) is 8.47. The van der Waals surface area contributed by atoms with Crippen LogP contribution in [0.3, 0.4) is 0 Å². The third-order valence-electron chi connectivity index (χ3n) is 6.09. The smallest absolute Gasteiger partial charge is 0.408 e. The minimum Gasteiger partial charge on any atom is -0.467 e. The van der Waals surface area contributed by atoms with Crippen LogP contribution in [0, 0.1) is 23.2 Å². The number of hydrogen-bond donors (Lipinski definition) is 1. The molecule has 5 atom stereocenters. The fourth-order valence-electron chi connectivity index (χ4n) is 4.20. The Morgan fingerprint density at radius 1 is 1.25 bits per heavy atom. The summed E-state index contributed by atoms with van der Waals surface area (Å²) in [6.07, 6.45) is 0.0850. The first-order chi connectivity index (χ1) is 12.3. The number of amides is 2. The number of carbonyl (C=O) groups excluding carboxylic acids is 3. The third-order valence-corrected chi connectivity index (χ3v) is 6.09. The van der Waals surface area contributed by atoms with Crippen LogP contribution in [0.4, 0.5) is 4.79 Å². The molecule has 7 nitrogen and oxygen atoms in total. The largest absolute Gasteiger partial charge is 0.467 e. The Morgan fingerprint density at radius 2 is 1.82 bits per heavy atom. The molecule has 1 heterocycles. The van der Waals surface area contributed by atoms with Crippen molar-refractivity contribution < 1.29 is 23.9 Å². The van der Waals surface area contributed by atoms with Gasteiger partial charge >= 0.3 is 12.1 Å². The van der Waals surface area contributed by atoms with Crippen molar-refractivity contribution in [3.63, 3.8) is 0 Å². The normalized spacial score (nSPS) is 27.0. The zero-order chi connectivity index (χ0) is 20.7. The van der Waals surface area contributed by atoms with Gasteiger partial charge in [0.25, 0.3) is 0 Å². The van der Waals surface area contributed by atoms with Crippen LogP contribution in [0.1, 0.15) is 54.9 Å². The number of esters is 1. The van der Waals surface area contributed by atoms with Gasteiger partial charge in [0, 0.05) is 12.5 Å². The summed E-state index contributed by atoms with van der Waals surface area (Å²) in [4.78, 5) is 39.6. The Morgan fingerprint density at radius 3 is 2.29 bits per heavy atom. The second-order valence-electron chi connectivity index (χ2n) is 9.42. The molecule has 1 aliphatic carbocycles. The molecule has 0 bridgehead atoms. The second-order valence-corrected chi connectivity index (χ2v) is 9.42. The van der Waals surface area contributed by atoms with Gasteiger partial charge in [0.15, 0.2) is 0 Å². The van der Waals surface area contributed by atoms with E-state index < -0.39 is 23.8 Å². The number of hydrogen-bond acceptors (Lipinski definition) is 5. The van der Waals surface area contributed by atoms with Crippen molar-refractivity contribution >= 4 is 30.4 Å². The summed E-state index contributed by atoms with van der Waals surface area (Å²) in [6, 6.07) is -1.33. The number of fused-ring (bicyclic) bond motifs is 1. The Kier molecular flexibility index (Phi) is 7.43. The first-order valence-corrected chi connectivity index (χ1v) is 9.73. The summed E-state index contributed by atoms with van der Waals surface area (Å²) in [6.45, 7) is 13.9. The van der Waals surface area contributed by atoms with Gasteiger partial charge < -0.3 is 19.7 Å². The number of methoxy groups -OCH3 is 1. The van der Waals surface area contributed by atoms with Crippen LogP contribution in [-0.4, -0.2) is 54.2 Å². The lowest BCUT2D eigenvalue weighted by atomic mass is 9.95. The molecule has 1 aliphatic heterocycles. The van der Waals surface area contributed by atoms with E-state index in [-0.39, 0.29) is 47.5 Å². The van der Waals surface area contributed by atoms with Crippen LogP contribution < -0.4 is 5.32 Å². The molecule has 0 aromatic carbocycles. The van der Waals surface area contributed by atoms with E-state index in [2.05, 4.69) is 19.2 Å². The quantitative estimate of drug-likeness (QED) is 0.693. The average Bonchev–Trinajstić information content (AvgIpc) is 2.93. The maximum absolute atomic E-state index is 13.3. The SMILES string of the molecule is CC[C@H](C)[C@H](NC(=O)OC(C)(C)C)C(=O)N1C[C@H]2[C@@H]([C@H]1C(=O)OC)C2(C)C.Cl. The van der Waals surface area contributed by atoms with Crippen molar-refractivity contribution in [2.24, 2.45) is 23.2 Å². The summed E-state index contributed by atoms with van der Waals surface area (Å²) in [5.41, 5.74) is -0.624. The van der Waals surface area contributed by atoms with Crippen LogP contribution in [0.25, 0.3) is 0 Å². The Bertz CT molecular complexity index is 616. The molecule has 0 spiro atoms. The molecule has 0 unspecified atom stereocenters. The number of rotatable bonds is 5. The number of nitrogens with zero attached hydrogens (tertiary/aromatic N) is 1. The van der Waals surface area contributed by atoms with Gasteiger partial charge in [0.2, 0.25) is 5.91 Å². The number of piperidine rings is 1. The van der Waals surface area contributed by atoms with E-state index in [4.69, 9.17) is 9.47 Å². The highest BCUT2D eigenvalue weighted by Gasteiger charge is 2.70. The zero-order valence-corrected chi connectivity index (χ0v) is 19.0. The van der Waals surface area contributed by atoms with Crippen LogP contribution in [0.5, 0.6) is 0 Å². The molecule has 0 radical (unpaired) electrons. The van der Waals surface area contributed by atoms with Crippen molar-refractivity contribution in [3.8, 4) is 0 Å². The van der Waals surface area contributed by atoms with Gasteiger partial charge in [-0.25, -0.2) is 9.59 Å². The molecule has 162 valence electrons. The first kappa shape index (κ1) is 24.5. The lowest BCUT2D eigenvalue weighted by Gasteiger charge is -2.34. The molecule has 1 saturated heterocycles. The van der Waals surface area contributed by atoms with Gasteiger partial charge in [-0.2, -0.15) is 0 Å². The number of ether oxygens (including phenoxy) is 2. The fourth-order valence-corrected chi connectivity index (χ4v) is 4.20. The number of likely N-dealkylation sites (tertiary alicyclic amines) is 1. The number of alkyl carbamates (subject to hydrolysis) is 1. The topological polar surface area (TPSA) is 84.9 Å². The van der Waals surface area contributed by atoms with Gasteiger partial charge in [0.1, 0.15) is 17.7 Å². The Hall–Kier alpha value is -1.50. The van der Waals surface area contributed by atoms with Crippen molar-refractivity contribution in [1.82, 2.24) is 10.2 Å². The zero-order valence-electron chi connectivity index (χ0n) is 18.2. The first-order valence-electron chi connectivity index (χ1n) is 9.73. The predicted octanol–water partition coefficient (Wildman–Crippen LogP) is 3.00. The van der Waals surface area contributed by atoms with Crippen molar-refractivity contribution in [3.05, 3.63) is 0 Å². The van der Waals surface area contributed by atoms with E-state index in [0.717, 1.165) is 0 Å². The summed E-state index contributed by atoms with van der Waals surface area (Å²) < 4.78 is 10.3. The predicted molar refractivity (Wildman–Crippen MR) is 108 cm³/mol. The average molecular weight is 419 g/mol. The lowest BCUT2D eigenvalue weighted by Crippen LogP contribution is -2.56. The number of nitrogens with one attached hydrogen (secondary N) is 1. The van der Waals surface area contributed by atoms with Crippen LogP contribution in [-0.2, 0) is 19.1 Å². The molecule has 2 fully saturated rings. The monoisotopic (exact) mass is 418 g/mol. The van der Waals surface area contributed by atoms with E-state index in [0.29, 0.717) is 13.0 Å². The van der Waals surface area contributed by atoms with E-state index in [1.165, 1.54) is 7.11 Å². The third kappa shape index (κ3) is 4.73. The maximum atomic E-state index is 13.3. The Balaban J connectivity index is 0.00000392. The molecule has 8 heteroatoms. The van der Waals surface area contributed by atoms with E-state index >= 15 is 0 Å². The van der Waals surface area contributed by atoms with Gasteiger partial charge in [-0.05, 0) is 38.0 Å². The lowest BCUT2D eigenvalue weighted by molar-refractivity contribution is -0.154. The highest BCUT2D eigenvalue weighted by molar-refractivity contribution is 5.91. The van der Waals surface area contributed by atoms with Crippen LogP contribution >= 0.6 is 12.4 Å². The molecule has 0 aromatic heterocycles. The van der Waals surface area contributed by atoms with Crippen LogP contribution in [0.15, 0.2) is 0 Å². The summed E-state index contributed by atoms with van der Waals surface area (Å²) >= 11 is 0. The highest BCUT2D eigenvalue weighted by Crippen LogP contribution is 2.65. The van der Waals surface area contributed by atoms with Gasteiger partial charge in [-0.1, -0.05) is 34.1 Å². The molecule has 2 amide bonds. The Labute approximate surface area is 174 Å². The van der Waals surface area contributed by atoms with Gasteiger partial charge in [-0.15, -0.1) is 12.4 Å². The molecule has 1 saturated carbocycles. The molecule has 28 heavy (non-hydrogen) atoms. The van der Waals surface area contributed by atoms with E-state index in [1.54, 1.807) is 25.7 Å². The molecule has 2 rings (SSSR count). The van der Waals surface area contributed by atoms with E-state index in [9.17, 15) is 14.4 Å². The highest BCUT2D eigenvalue weighted by atomic mass is 35.5. The van der Waals surface area contributed by atoms with Gasteiger partial charge in [-0.3, -0.25) is 4.79 Å². The van der Waals surface area contributed by atoms with Crippen molar-refractivity contribution in [2.45, 2.75) is 72.6 Å². The number of carbonyl (C=O) groups is 3. The summed E-state index contributed by atoms with van der Waals surface area (Å²) in [5.74, 6) is -0.332. The minimum atomic E-state index is -0.738. The van der Waals surface area contributed by atoms with Gasteiger partial charge in [0.05, 0.1) is 7.11 Å². The minimum absolute atomic E-state index is 0. The molecule has 1 N–H and O–H groups in total. The summed E-state index contributed by atoms with van der Waals surface area (Å²) in [5, 5.41) is 2.72. The van der Waals surface area contributed by atoms with Crippen LogP contribution in [0.2, 0.25) is 0 Å². The molecule has 2 aliphatic rings. The summed E-state index contributed by atoms with van der Waals surface area (Å²) in [7, 11) is 1.35. The molecule has 0 aromatic rings. The molecular weight excluding hydrogens is 384 g/mol. The van der Waals surface area contributed by atoms with Crippen molar-refractivity contribution in [2.75, 3.05) is 13.7 Å². The molecular formula is C20H35ClN2O5. The fraction of sp³-hybridized carbons (Fsp3) is 0.850.